The predicted octanol–water partition coefficient (Wildman–Crippen LogP) is 5.22. The standard InChI is InChI=1S/C14H11Br2N3S/c1-7-3-10(4-8(2)12(7)16)19-13-11(18-14(19)20)5-9(15)6-17-13/h3-6H,1-2H3,(H,18,20). The number of nitrogens with zero attached hydrogens (tertiary/aromatic N) is 2. The Morgan fingerprint density at radius 1 is 1.15 bits per heavy atom. The minimum atomic E-state index is 0.645. The van der Waals surface area contributed by atoms with E-state index in [1.54, 1.807) is 6.20 Å². The molecule has 2 heterocycles. The topological polar surface area (TPSA) is 33.6 Å². The quantitative estimate of drug-likeness (QED) is 0.555. The summed E-state index contributed by atoms with van der Waals surface area (Å²) < 4.78 is 4.66. The van der Waals surface area contributed by atoms with Gasteiger partial charge in [-0.2, -0.15) is 0 Å². The van der Waals surface area contributed by atoms with Crippen LogP contribution in [0.5, 0.6) is 0 Å². The summed E-state index contributed by atoms with van der Waals surface area (Å²) in [7, 11) is 0. The number of rotatable bonds is 1. The Morgan fingerprint density at radius 3 is 2.45 bits per heavy atom. The number of aromatic amines is 1. The van der Waals surface area contributed by atoms with Crippen LogP contribution >= 0.6 is 44.1 Å². The number of halogens is 2. The van der Waals surface area contributed by atoms with E-state index in [9.17, 15) is 0 Å². The van der Waals surface area contributed by atoms with Crippen molar-refractivity contribution < 1.29 is 0 Å². The first-order chi connectivity index (χ1) is 9.47. The summed E-state index contributed by atoms with van der Waals surface area (Å²) in [6.07, 6.45) is 1.78. The molecule has 0 fully saturated rings. The molecule has 2 aromatic heterocycles. The molecule has 1 N–H and O–H groups in total. The van der Waals surface area contributed by atoms with Crippen LogP contribution in [0.15, 0.2) is 33.3 Å². The Labute approximate surface area is 138 Å². The van der Waals surface area contributed by atoms with Gasteiger partial charge in [0.1, 0.15) is 0 Å². The first kappa shape index (κ1) is 14.0. The largest absolute Gasteiger partial charge is 0.329 e. The second kappa shape index (κ2) is 5.09. The number of pyridine rings is 1. The van der Waals surface area contributed by atoms with E-state index in [-0.39, 0.29) is 0 Å². The van der Waals surface area contributed by atoms with Gasteiger partial charge in [0.25, 0.3) is 0 Å². The Kier molecular flexibility index (Phi) is 3.56. The monoisotopic (exact) mass is 411 g/mol. The fourth-order valence-electron chi connectivity index (χ4n) is 2.26. The third-order valence-corrected chi connectivity index (χ3v) is 5.14. The van der Waals surface area contributed by atoms with Gasteiger partial charge < -0.3 is 4.98 Å². The first-order valence-corrected chi connectivity index (χ1v) is 8.00. The molecule has 0 bridgehead atoms. The molecule has 1 aromatic carbocycles. The van der Waals surface area contributed by atoms with Crippen LogP contribution in [0.4, 0.5) is 0 Å². The number of imidazole rings is 1. The van der Waals surface area contributed by atoms with Crippen molar-refractivity contribution in [2.45, 2.75) is 13.8 Å². The van der Waals surface area contributed by atoms with Crippen molar-refractivity contribution >= 4 is 55.2 Å². The van der Waals surface area contributed by atoms with E-state index in [0.717, 1.165) is 25.8 Å². The summed E-state index contributed by atoms with van der Waals surface area (Å²) in [6, 6.07) is 6.18. The summed E-state index contributed by atoms with van der Waals surface area (Å²) in [4.78, 5) is 7.66. The lowest BCUT2D eigenvalue weighted by atomic mass is 10.1. The number of fused-ring (bicyclic) bond motifs is 1. The van der Waals surface area contributed by atoms with Gasteiger partial charge in [0.05, 0.1) is 11.2 Å². The van der Waals surface area contributed by atoms with Gasteiger partial charge in [-0.15, -0.1) is 0 Å². The van der Waals surface area contributed by atoms with Crippen molar-refractivity contribution in [3.63, 3.8) is 0 Å². The number of H-pyrrole nitrogens is 1. The SMILES string of the molecule is Cc1cc(-n2c(=S)[nH]c3cc(Br)cnc32)cc(C)c1Br. The van der Waals surface area contributed by atoms with E-state index in [2.05, 4.69) is 67.8 Å². The van der Waals surface area contributed by atoms with E-state index < -0.39 is 0 Å². The van der Waals surface area contributed by atoms with E-state index in [1.807, 2.05) is 10.6 Å². The molecule has 3 nitrogen and oxygen atoms in total. The van der Waals surface area contributed by atoms with Crippen molar-refractivity contribution in [1.29, 1.82) is 0 Å². The molecule has 20 heavy (non-hydrogen) atoms. The predicted molar refractivity (Wildman–Crippen MR) is 91.1 cm³/mol. The Morgan fingerprint density at radius 2 is 1.80 bits per heavy atom. The van der Waals surface area contributed by atoms with Crippen LogP contribution in [0.3, 0.4) is 0 Å². The zero-order valence-corrected chi connectivity index (χ0v) is 14.9. The highest BCUT2D eigenvalue weighted by Crippen LogP contribution is 2.27. The van der Waals surface area contributed by atoms with E-state index in [1.165, 1.54) is 11.1 Å². The van der Waals surface area contributed by atoms with Crippen molar-refractivity contribution in [2.24, 2.45) is 0 Å². The number of aromatic nitrogens is 3. The Hall–Kier alpha value is -0.980. The summed E-state index contributed by atoms with van der Waals surface area (Å²) in [5, 5.41) is 0. The normalized spacial score (nSPS) is 11.2. The van der Waals surface area contributed by atoms with Gasteiger partial charge in [-0.3, -0.25) is 4.57 Å². The summed E-state index contributed by atoms with van der Waals surface area (Å²) in [5.74, 6) is 0. The van der Waals surface area contributed by atoms with Gasteiger partial charge in [-0.25, -0.2) is 4.98 Å². The smallest absolute Gasteiger partial charge is 0.183 e. The molecule has 0 saturated carbocycles. The summed E-state index contributed by atoms with van der Waals surface area (Å²) >= 11 is 12.5. The molecule has 3 rings (SSSR count). The van der Waals surface area contributed by atoms with Crippen molar-refractivity contribution in [1.82, 2.24) is 14.5 Å². The van der Waals surface area contributed by atoms with Crippen LogP contribution in [0.1, 0.15) is 11.1 Å². The molecular formula is C14H11Br2N3S. The molecule has 0 spiro atoms. The summed E-state index contributed by atoms with van der Waals surface area (Å²) in [5.41, 5.74) is 5.12. The van der Waals surface area contributed by atoms with Gasteiger partial charge >= 0.3 is 0 Å². The molecular weight excluding hydrogens is 402 g/mol. The van der Waals surface area contributed by atoms with Gasteiger partial charge in [-0.1, -0.05) is 15.9 Å². The zero-order chi connectivity index (χ0) is 14.4. The van der Waals surface area contributed by atoms with E-state index in [4.69, 9.17) is 12.2 Å². The van der Waals surface area contributed by atoms with Crippen LogP contribution in [0, 0.1) is 18.6 Å². The minimum absolute atomic E-state index is 0.645. The number of hydrogen-bond acceptors (Lipinski definition) is 2. The molecule has 0 atom stereocenters. The number of hydrogen-bond donors (Lipinski definition) is 1. The summed E-state index contributed by atoms with van der Waals surface area (Å²) in [6.45, 7) is 4.14. The fraction of sp³-hybridized carbons (Fsp3) is 0.143. The minimum Gasteiger partial charge on any atom is -0.329 e. The third-order valence-electron chi connectivity index (χ3n) is 3.17. The lowest BCUT2D eigenvalue weighted by Crippen LogP contribution is -1.97. The molecule has 0 saturated heterocycles. The average Bonchev–Trinajstić information content (AvgIpc) is 2.70. The molecule has 0 aliphatic heterocycles. The number of nitrogens with one attached hydrogen (secondary N) is 1. The van der Waals surface area contributed by atoms with Gasteiger partial charge in [0.2, 0.25) is 0 Å². The Bertz CT molecular complexity index is 857. The van der Waals surface area contributed by atoms with Crippen LogP contribution in [0.25, 0.3) is 16.9 Å². The maximum absolute atomic E-state index is 5.44. The van der Waals surface area contributed by atoms with Crippen molar-refractivity contribution in [3.8, 4) is 5.69 Å². The van der Waals surface area contributed by atoms with Crippen LogP contribution in [-0.2, 0) is 0 Å². The first-order valence-electron chi connectivity index (χ1n) is 6.01. The van der Waals surface area contributed by atoms with Gasteiger partial charge in [0.15, 0.2) is 10.4 Å². The average molecular weight is 413 g/mol. The van der Waals surface area contributed by atoms with Crippen molar-refractivity contribution in [2.75, 3.05) is 0 Å². The second-order valence-corrected chi connectivity index (χ2v) is 6.78. The number of benzene rings is 1. The number of aryl methyl sites for hydroxylation is 2. The van der Waals surface area contributed by atoms with Crippen molar-refractivity contribution in [3.05, 3.63) is 49.2 Å². The second-order valence-electron chi connectivity index (χ2n) is 4.68. The molecule has 6 heteroatoms. The highest BCUT2D eigenvalue weighted by molar-refractivity contribution is 9.10. The Balaban J connectivity index is 2.35. The van der Waals surface area contributed by atoms with Crippen LogP contribution in [0.2, 0.25) is 0 Å². The maximum Gasteiger partial charge on any atom is 0.183 e. The van der Waals surface area contributed by atoms with Crippen LogP contribution in [-0.4, -0.2) is 14.5 Å². The van der Waals surface area contributed by atoms with Gasteiger partial charge in [-0.05, 0) is 71.3 Å². The highest BCUT2D eigenvalue weighted by atomic mass is 79.9. The lowest BCUT2D eigenvalue weighted by molar-refractivity contribution is 1.03. The molecule has 0 aliphatic rings. The fourth-order valence-corrected chi connectivity index (χ4v) is 3.12. The maximum atomic E-state index is 5.44. The molecule has 102 valence electrons. The third kappa shape index (κ3) is 2.25. The molecule has 0 aliphatic carbocycles. The molecule has 0 radical (unpaired) electrons. The van der Waals surface area contributed by atoms with Crippen LogP contribution < -0.4 is 0 Å². The molecule has 0 unspecified atom stereocenters. The van der Waals surface area contributed by atoms with E-state index in [0.29, 0.717) is 4.77 Å². The zero-order valence-electron chi connectivity index (χ0n) is 10.9. The van der Waals surface area contributed by atoms with Gasteiger partial charge in [0, 0.05) is 15.1 Å². The molecule has 0 amide bonds. The lowest BCUT2D eigenvalue weighted by Gasteiger charge is -2.09. The highest BCUT2D eigenvalue weighted by Gasteiger charge is 2.10. The molecule has 3 aromatic rings. The van der Waals surface area contributed by atoms with E-state index >= 15 is 0 Å².